The molecule has 0 amide bonds. The van der Waals surface area contributed by atoms with E-state index in [9.17, 15) is 5.11 Å². The normalized spacial score (nSPS) is 12.3. The molecule has 0 heterocycles. The molecule has 1 aromatic carbocycles. The second kappa shape index (κ2) is 10.7. The third-order valence-corrected chi connectivity index (χ3v) is 2.91. The first-order chi connectivity index (χ1) is 9.72. The van der Waals surface area contributed by atoms with Gasteiger partial charge in [0.1, 0.15) is 5.75 Å². The van der Waals surface area contributed by atoms with Crippen LogP contribution in [0.3, 0.4) is 0 Å². The first-order valence-corrected chi connectivity index (χ1v) is 7.19. The Hall–Kier alpha value is -1.10. The fourth-order valence-electron chi connectivity index (χ4n) is 1.72. The lowest BCUT2D eigenvalue weighted by molar-refractivity contribution is 0.0644. The van der Waals surface area contributed by atoms with Crippen molar-refractivity contribution in [3.8, 4) is 5.75 Å². The zero-order chi connectivity index (χ0) is 14.6. The molecular weight excluding hydrogens is 256 g/mol. The van der Waals surface area contributed by atoms with Gasteiger partial charge in [0.25, 0.3) is 0 Å². The molecule has 0 radical (unpaired) electrons. The molecule has 0 aliphatic carbocycles. The minimum Gasteiger partial charge on any atom is -0.494 e. The number of hydrogen-bond acceptors (Lipinski definition) is 4. The number of aryl methyl sites for hydroxylation is 1. The van der Waals surface area contributed by atoms with Gasteiger partial charge in [0.2, 0.25) is 0 Å². The predicted octanol–water partition coefficient (Wildman–Crippen LogP) is 2.43. The molecule has 0 aliphatic rings. The van der Waals surface area contributed by atoms with Crippen LogP contribution in [-0.4, -0.2) is 44.7 Å². The maximum absolute atomic E-state index is 9.24. The van der Waals surface area contributed by atoms with Crippen molar-refractivity contribution in [2.24, 2.45) is 0 Å². The van der Waals surface area contributed by atoms with E-state index in [1.165, 1.54) is 5.56 Å². The average molecular weight is 282 g/mol. The Kier molecular flexibility index (Phi) is 9.04. The van der Waals surface area contributed by atoms with Crippen LogP contribution in [0.25, 0.3) is 0 Å². The molecule has 0 bridgehead atoms. The number of aliphatic hydroxyl groups is 1. The maximum atomic E-state index is 9.24. The number of benzene rings is 1. The number of hydrogen-bond donors (Lipinski definition) is 1. The van der Waals surface area contributed by atoms with Crippen LogP contribution in [0.2, 0.25) is 0 Å². The zero-order valence-electron chi connectivity index (χ0n) is 12.5. The minimum absolute atomic E-state index is 0.246. The second-order valence-corrected chi connectivity index (χ2v) is 4.84. The van der Waals surface area contributed by atoms with Crippen molar-refractivity contribution in [3.05, 3.63) is 29.8 Å². The van der Waals surface area contributed by atoms with Gasteiger partial charge in [-0.05, 0) is 37.5 Å². The monoisotopic (exact) mass is 282 g/mol. The van der Waals surface area contributed by atoms with Gasteiger partial charge in [-0.15, -0.1) is 0 Å². The fraction of sp³-hybridized carbons (Fsp3) is 0.625. The summed E-state index contributed by atoms with van der Waals surface area (Å²) in [4.78, 5) is 0. The van der Waals surface area contributed by atoms with E-state index in [1.807, 2.05) is 31.2 Å². The molecule has 1 N–H and O–H groups in total. The van der Waals surface area contributed by atoms with Crippen LogP contribution in [0.5, 0.6) is 5.75 Å². The van der Waals surface area contributed by atoms with Crippen LogP contribution in [0.4, 0.5) is 0 Å². The summed E-state index contributed by atoms with van der Waals surface area (Å²) in [5.41, 5.74) is 1.22. The van der Waals surface area contributed by atoms with Crippen LogP contribution in [-0.2, 0) is 15.9 Å². The Labute approximate surface area is 121 Å². The van der Waals surface area contributed by atoms with Crippen LogP contribution >= 0.6 is 0 Å². The summed E-state index contributed by atoms with van der Waals surface area (Å²) in [7, 11) is 1.66. The van der Waals surface area contributed by atoms with E-state index in [1.54, 1.807) is 7.11 Å². The first kappa shape index (κ1) is 17.0. The Morgan fingerprint density at radius 1 is 1.05 bits per heavy atom. The van der Waals surface area contributed by atoms with Gasteiger partial charge in [-0.25, -0.2) is 0 Å². The highest BCUT2D eigenvalue weighted by Crippen LogP contribution is 2.14. The van der Waals surface area contributed by atoms with Gasteiger partial charge in [0.15, 0.2) is 0 Å². The van der Waals surface area contributed by atoms with Crippen molar-refractivity contribution in [3.63, 3.8) is 0 Å². The van der Waals surface area contributed by atoms with Crippen molar-refractivity contribution in [2.75, 3.05) is 33.5 Å². The van der Waals surface area contributed by atoms with E-state index in [2.05, 4.69) is 0 Å². The van der Waals surface area contributed by atoms with E-state index in [0.717, 1.165) is 25.0 Å². The molecule has 4 nitrogen and oxygen atoms in total. The number of methoxy groups -OCH3 is 1. The highest BCUT2D eigenvalue weighted by Gasteiger charge is 1.99. The highest BCUT2D eigenvalue weighted by molar-refractivity contribution is 5.27. The molecule has 0 aliphatic heterocycles. The molecule has 1 atom stereocenters. The molecule has 1 unspecified atom stereocenters. The van der Waals surface area contributed by atoms with Gasteiger partial charge in [0, 0.05) is 20.1 Å². The quantitative estimate of drug-likeness (QED) is 0.633. The van der Waals surface area contributed by atoms with Crippen LogP contribution in [0.1, 0.15) is 25.3 Å². The van der Waals surface area contributed by atoms with Crippen molar-refractivity contribution >= 4 is 0 Å². The summed E-state index contributed by atoms with van der Waals surface area (Å²) in [6.07, 6.45) is 2.31. The van der Waals surface area contributed by atoms with E-state index in [-0.39, 0.29) is 6.10 Å². The second-order valence-electron chi connectivity index (χ2n) is 4.84. The van der Waals surface area contributed by atoms with Gasteiger partial charge < -0.3 is 19.3 Å². The summed E-state index contributed by atoms with van der Waals surface area (Å²) >= 11 is 0. The summed E-state index contributed by atoms with van der Waals surface area (Å²) in [5.74, 6) is 0.877. The molecular formula is C16H26O4. The number of ether oxygens (including phenoxy) is 3. The van der Waals surface area contributed by atoms with Crippen LogP contribution in [0, 0.1) is 0 Å². The van der Waals surface area contributed by atoms with E-state index in [0.29, 0.717) is 26.4 Å². The Bertz CT molecular complexity index is 335. The Morgan fingerprint density at radius 2 is 1.80 bits per heavy atom. The number of rotatable bonds is 11. The Morgan fingerprint density at radius 3 is 2.45 bits per heavy atom. The predicted molar refractivity (Wildman–Crippen MR) is 79.3 cm³/mol. The average Bonchev–Trinajstić information content (AvgIpc) is 2.45. The molecule has 1 aromatic rings. The summed E-state index contributed by atoms with van der Waals surface area (Å²) in [6.45, 7) is 4.42. The minimum atomic E-state index is -0.246. The van der Waals surface area contributed by atoms with Gasteiger partial charge in [-0.3, -0.25) is 0 Å². The molecule has 114 valence electrons. The zero-order valence-corrected chi connectivity index (χ0v) is 12.5. The third-order valence-electron chi connectivity index (χ3n) is 2.91. The lowest BCUT2D eigenvalue weighted by Crippen LogP contribution is -2.06. The lowest BCUT2D eigenvalue weighted by atomic mass is 10.1. The van der Waals surface area contributed by atoms with Crippen molar-refractivity contribution in [1.29, 1.82) is 0 Å². The molecule has 0 saturated heterocycles. The number of aliphatic hydroxyl groups excluding tert-OH is 1. The molecule has 20 heavy (non-hydrogen) atoms. The summed E-state index contributed by atoms with van der Waals surface area (Å²) in [6, 6.07) is 8.05. The van der Waals surface area contributed by atoms with E-state index in [4.69, 9.17) is 14.2 Å². The Balaban J connectivity index is 2.12. The van der Waals surface area contributed by atoms with Crippen molar-refractivity contribution < 1.29 is 19.3 Å². The standard InChI is InChI=1S/C16H26O4/c1-14(17)4-5-15-6-8-16(9-7-15)20-11-3-10-19-13-12-18-2/h6-9,14,17H,3-5,10-13H2,1-2H3. The molecule has 1 rings (SSSR count). The third kappa shape index (κ3) is 8.15. The van der Waals surface area contributed by atoms with Gasteiger partial charge in [-0.1, -0.05) is 12.1 Å². The largest absolute Gasteiger partial charge is 0.494 e. The van der Waals surface area contributed by atoms with E-state index >= 15 is 0 Å². The summed E-state index contributed by atoms with van der Waals surface area (Å²) in [5, 5.41) is 9.24. The summed E-state index contributed by atoms with van der Waals surface area (Å²) < 4.78 is 15.9. The molecule has 0 saturated carbocycles. The van der Waals surface area contributed by atoms with Gasteiger partial charge >= 0.3 is 0 Å². The van der Waals surface area contributed by atoms with Crippen LogP contribution < -0.4 is 4.74 Å². The lowest BCUT2D eigenvalue weighted by Gasteiger charge is -2.08. The smallest absolute Gasteiger partial charge is 0.119 e. The SMILES string of the molecule is COCCOCCCOc1ccc(CCC(C)O)cc1. The molecule has 0 spiro atoms. The van der Waals surface area contributed by atoms with Crippen molar-refractivity contribution in [2.45, 2.75) is 32.3 Å². The van der Waals surface area contributed by atoms with Crippen LogP contribution in [0.15, 0.2) is 24.3 Å². The van der Waals surface area contributed by atoms with E-state index < -0.39 is 0 Å². The first-order valence-electron chi connectivity index (χ1n) is 7.19. The van der Waals surface area contributed by atoms with Gasteiger partial charge in [0.05, 0.1) is 25.9 Å². The fourth-order valence-corrected chi connectivity index (χ4v) is 1.72. The molecule has 0 fully saturated rings. The highest BCUT2D eigenvalue weighted by atomic mass is 16.5. The molecule has 0 aromatic heterocycles. The topological polar surface area (TPSA) is 47.9 Å². The maximum Gasteiger partial charge on any atom is 0.119 e. The van der Waals surface area contributed by atoms with Gasteiger partial charge in [-0.2, -0.15) is 0 Å². The molecule has 4 heteroatoms. The van der Waals surface area contributed by atoms with Crippen molar-refractivity contribution in [1.82, 2.24) is 0 Å².